The molecule has 0 fully saturated rings. The number of ketones is 1. The standard InChI is InChI=1S/C16H9BrF2O2/c1-8-11-4-2-10(19)7-14(11)21-16(8)15(20)12-5-3-9(18)6-13(12)17/h2-7H,1H3. The lowest BCUT2D eigenvalue weighted by Gasteiger charge is -2.02. The van der Waals surface area contributed by atoms with Crippen LogP contribution in [0.1, 0.15) is 21.7 Å². The average Bonchev–Trinajstić information content (AvgIpc) is 2.75. The van der Waals surface area contributed by atoms with Gasteiger partial charge in [-0.2, -0.15) is 0 Å². The van der Waals surface area contributed by atoms with E-state index >= 15 is 0 Å². The molecule has 21 heavy (non-hydrogen) atoms. The fraction of sp³-hybridized carbons (Fsp3) is 0.0625. The molecule has 1 heterocycles. The molecule has 0 aliphatic carbocycles. The zero-order valence-electron chi connectivity index (χ0n) is 10.9. The third-order valence-electron chi connectivity index (χ3n) is 3.28. The Labute approximate surface area is 127 Å². The summed E-state index contributed by atoms with van der Waals surface area (Å²) < 4.78 is 32.1. The SMILES string of the molecule is Cc1c(C(=O)c2ccc(F)cc2Br)oc2cc(F)ccc12. The van der Waals surface area contributed by atoms with Crippen LogP contribution in [0.25, 0.3) is 11.0 Å². The Morgan fingerprint density at radius 3 is 2.48 bits per heavy atom. The van der Waals surface area contributed by atoms with Crippen LogP contribution in [-0.2, 0) is 0 Å². The van der Waals surface area contributed by atoms with Crippen molar-refractivity contribution in [3.63, 3.8) is 0 Å². The Hall–Kier alpha value is -2.01. The molecule has 2 nitrogen and oxygen atoms in total. The molecule has 0 saturated carbocycles. The van der Waals surface area contributed by atoms with Crippen molar-refractivity contribution in [1.29, 1.82) is 0 Å². The number of rotatable bonds is 2. The molecule has 0 bridgehead atoms. The fourth-order valence-corrected chi connectivity index (χ4v) is 2.74. The van der Waals surface area contributed by atoms with Gasteiger partial charge in [0.2, 0.25) is 5.78 Å². The average molecular weight is 351 g/mol. The molecule has 0 spiro atoms. The van der Waals surface area contributed by atoms with Gasteiger partial charge in [-0.15, -0.1) is 0 Å². The maximum absolute atomic E-state index is 13.2. The lowest BCUT2D eigenvalue weighted by Crippen LogP contribution is -2.02. The van der Waals surface area contributed by atoms with E-state index in [0.29, 0.717) is 26.6 Å². The summed E-state index contributed by atoms with van der Waals surface area (Å²) in [4.78, 5) is 12.5. The van der Waals surface area contributed by atoms with Crippen molar-refractivity contribution in [3.8, 4) is 0 Å². The Balaban J connectivity index is 2.15. The van der Waals surface area contributed by atoms with E-state index < -0.39 is 11.6 Å². The largest absolute Gasteiger partial charge is 0.452 e. The van der Waals surface area contributed by atoms with E-state index in [1.165, 1.54) is 30.3 Å². The fourth-order valence-electron chi connectivity index (χ4n) is 2.21. The second kappa shape index (κ2) is 5.07. The van der Waals surface area contributed by atoms with Crippen LogP contribution in [0.15, 0.2) is 45.3 Å². The summed E-state index contributed by atoms with van der Waals surface area (Å²) in [5.74, 6) is -1.13. The van der Waals surface area contributed by atoms with Gasteiger partial charge in [0, 0.05) is 27.1 Å². The van der Waals surface area contributed by atoms with Crippen molar-refractivity contribution in [1.82, 2.24) is 0 Å². The van der Waals surface area contributed by atoms with Crippen molar-refractivity contribution in [2.45, 2.75) is 6.92 Å². The van der Waals surface area contributed by atoms with Crippen molar-refractivity contribution in [2.75, 3.05) is 0 Å². The second-order valence-corrected chi connectivity index (χ2v) is 5.50. The first-order valence-corrected chi connectivity index (χ1v) is 6.95. The van der Waals surface area contributed by atoms with E-state index in [4.69, 9.17) is 4.42 Å². The van der Waals surface area contributed by atoms with E-state index in [1.807, 2.05) is 0 Å². The molecular weight excluding hydrogens is 342 g/mol. The minimum absolute atomic E-state index is 0.128. The highest BCUT2D eigenvalue weighted by atomic mass is 79.9. The number of hydrogen-bond donors (Lipinski definition) is 0. The zero-order valence-corrected chi connectivity index (χ0v) is 12.5. The molecule has 106 valence electrons. The Morgan fingerprint density at radius 2 is 1.76 bits per heavy atom. The van der Waals surface area contributed by atoms with Gasteiger partial charge in [-0.25, -0.2) is 8.78 Å². The third-order valence-corrected chi connectivity index (χ3v) is 3.94. The molecule has 2 aromatic carbocycles. The molecule has 0 unspecified atom stereocenters. The molecule has 0 saturated heterocycles. The van der Waals surface area contributed by atoms with Gasteiger partial charge in [0.1, 0.15) is 17.2 Å². The van der Waals surface area contributed by atoms with Crippen LogP contribution in [0.4, 0.5) is 8.78 Å². The van der Waals surface area contributed by atoms with E-state index in [2.05, 4.69) is 15.9 Å². The summed E-state index contributed by atoms with van der Waals surface area (Å²) in [6, 6.07) is 7.92. The number of furan rings is 1. The van der Waals surface area contributed by atoms with Gasteiger partial charge >= 0.3 is 0 Å². The number of aryl methyl sites for hydroxylation is 1. The lowest BCUT2D eigenvalue weighted by molar-refractivity contribution is 0.101. The van der Waals surface area contributed by atoms with Gasteiger partial charge in [-0.05, 0) is 53.2 Å². The number of halogens is 3. The minimum Gasteiger partial charge on any atom is -0.452 e. The maximum atomic E-state index is 13.2. The molecule has 1 aromatic heterocycles. The Morgan fingerprint density at radius 1 is 1.10 bits per heavy atom. The normalized spacial score (nSPS) is 11.0. The topological polar surface area (TPSA) is 30.2 Å². The number of carbonyl (C=O) groups excluding carboxylic acids is 1. The first kappa shape index (κ1) is 13.9. The predicted molar refractivity (Wildman–Crippen MR) is 78.4 cm³/mol. The first-order chi connectivity index (χ1) is 9.97. The van der Waals surface area contributed by atoms with E-state index in [-0.39, 0.29) is 11.5 Å². The van der Waals surface area contributed by atoms with Gasteiger partial charge < -0.3 is 4.42 Å². The van der Waals surface area contributed by atoms with Crippen LogP contribution in [0.2, 0.25) is 0 Å². The monoisotopic (exact) mass is 350 g/mol. The summed E-state index contributed by atoms with van der Waals surface area (Å²) >= 11 is 3.16. The highest BCUT2D eigenvalue weighted by Gasteiger charge is 2.21. The molecule has 3 aromatic rings. The lowest BCUT2D eigenvalue weighted by atomic mass is 10.0. The number of fused-ring (bicyclic) bond motifs is 1. The van der Waals surface area contributed by atoms with Crippen molar-refractivity contribution in [3.05, 3.63) is 69.4 Å². The molecular formula is C16H9BrF2O2. The smallest absolute Gasteiger partial charge is 0.229 e. The van der Waals surface area contributed by atoms with Crippen LogP contribution < -0.4 is 0 Å². The highest BCUT2D eigenvalue weighted by molar-refractivity contribution is 9.10. The van der Waals surface area contributed by atoms with E-state index in [0.717, 1.165) is 0 Å². The summed E-state index contributed by atoms with van der Waals surface area (Å²) in [7, 11) is 0. The van der Waals surface area contributed by atoms with E-state index in [9.17, 15) is 13.6 Å². The van der Waals surface area contributed by atoms with Gasteiger partial charge in [0.25, 0.3) is 0 Å². The predicted octanol–water partition coefficient (Wildman–Crippen LogP) is 5.01. The molecule has 0 N–H and O–H groups in total. The zero-order chi connectivity index (χ0) is 15.1. The molecule has 3 rings (SSSR count). The maximum Gasteiger partial charge on any atom is 0.229 e. The summed E-state index contributed by atoms with van der Waals surface area (Å²) in [6.45, 7) is 1.73. The molecule has 0 aliphatic rings. The quantitative estimate of drug-likeness (QED) is 0.608. The summed E-state index contributed by atoms with van der Waals surface area (Å²) in [6.07, 6.45) is 0. The highest BCUT2D eigenvalue weighted by Crippen LogP contribution is 2.29. The summed E-state index contributed by atoms with van der Waals surface area (Å²) in [5, 5.41) is 0.679. The minimum atomic E-state index is -0.443. The number of benzene rings is 2. The van der Waals surface area contributed by atoms with Gasteiger partial charge in [-0.1, -0.05) is 0 Å². The van der Waals surface area contributed by atoms with Gasteiger partial charge in [0.05, 0.1) is 0 Å². The summed E-state index contributed by atoms with van der Waals surface area (Å²) in [5.41, 5.74) is 1.24. The molecule has 0 aliphatic heterocycles. The van der Waals surface area contributed by atoms with E-state index in [1.54, 1.807) is 13.0 Å². The van der Waals surface area contributed by atoms with Crippen molar-refractivity contribution >= 4 is 32.7 Å². The van der Waals surface area contributed by atoms with Gasteiger partial charge in [0.15, 0.2) is 5.76 Å². The molecule has 0 amide bonds. The Kier molecular flexibility index (Phi) is 3.37. The second-order valence-electron chi connectivity index (χ2n) is 4.65. The number of carbonyl (C=O) groups is 1. The first-order valence-electron chi connectivity index (χ1n) is 6.16. The van der Waals surface area contributed by atoms with Crippen LogP contribution in [0.3, 0.4) is 0 Å². The van der Waals surface area contributed by atoms with Crippen molar-refractivity contribution < 1.29 is 18.0 Å². The molecule has 0 radical (unpaired) electrons. The van der Waals surface area contributed by atoms with Crippen molar-refractivity contribution in [2.24, 2.45) is 0 Å². The van der Waals surface area contributed by atoms with Gasteiger partial charge in [-0.3, -0.25) is 4.79 Å². The van der Waals surface area contributed by atoms with Crippen LogP contribution in [0, 0.1) is 18.6 Å². The number of hydrogen-bond acceptors (Lipinski definition) is 2. The molecule has 5 heteroatoms. The van der Waals surface area contributed by atoms with Crippen LogP contribution in [-0.4, -0.2) is 5.78 Å². The Bertz CT molecular complexity index is 868. The third kappa shape index (κ3) is 2.38. The van der Waals surface area contributed by atoms with Crippen LogP contribution in [0.5, 0.6) is 0 Å². The molecule has 0 atom stereocenters. The van der Waals surface area contributed by atoms with Crippen LogP contribution >= 0.6 is 15.9 Å².